The van der Waals surface area contributed by atoms with E-state index in [2.05, 4.69) is 58.5 Å². The second-order valence-corrected chi connectivity index (χ2v) is 5.87. The van der Waals surface area contributed by atoms with Crippen molar-refractivity contribution in [3.05, 3.63) is 53.5 Å². The van der Waals surface area contributed by atoms with E-state index in [9.17, 15) is 0 Å². The number of thioether (sulfide) groups is 1. The number of nitrogens with zero attached hydrogens (tertiary/aromatic N) is 2. The van der Waals surface area contributed by atoms with Gasteiger partial charge in [-0.1, -0.05) is 35.9 Å². The first-order chi connectivity index (χ1) is 9.79. The first-order valence-electron chi connectivity index (χ1n) is 6.65. The maximum atomic E-state index is 4.58. The van der Waals surface area contributed by atoms with E-state index in [1.165, 1.54) is 16.7 Å². The highest BCUT2D eigenvalue weighted by molar-refractivity contribution is 8.03. The molecule has 2 unspecified atom stereocenters. The number of fused-ring (bicyclic) bond motifs is 1. The molecule has 0 fully saturated rings. The van der Waals surface area contributed by atoms with Crippen molar-refractivity contribution < 1.29 is 0 Å². The standard InChI is InChI=1S/C16H17N3S/c1-3-8-17-15-14-13(9-20-16(14)19-10-18-15)12-6-4-11(2)5-7-12/h3-7,9-10,14,16H,1,8H2,2H3,(H,17,18,19). The van der Waals surface area contributed by atoms with E-state index in [4.69, 9.17) is 0 Å². The molecule has 0 saturated carbocycles. The van der Waals surface area contributed by atoms with Crippen LogP contribution in [0.2, 0.25) is 0 Å². The summed E-state index contributed by atoms with van der Waals surface area (Å²) in [6.45, 7) is 6.46. The molecule has 0 spiro atoms. The van der Waals surface area contributed by atoms with Crippen LogP contribution < -0.4 is 5.32 Å². The van der Waals surface area contributed by atoms with Gasteiger partial charge >= 0.3 is 0 Å². The van der Waals surface area contributed by atoms with Crippen molar-refractivity contribution in [3.63, 3.8) is 0 Å². The zero-order chi connectivity index (χ0) is 13.9. The van der Waals surface area contributed by atoms with Gasteiger partial charge in [0.25, 0.3) is 0 Å². The molecule has 2 heterocycles. The summed E-state index contributed by atoms with van der Waals surface area (Å²) in [6.07, 6.45) is 3.56. The van der Waals surface area contributed by atoms with Gasteiger partial charge in [0.15, 0.2) is 0 Å². The summed E-state index contributed by atoms with van der Waals surface area (Å²) >= 11 is 1.76. The summed E-state index contributed by atoms with van der Waals surface area (Å²) < 4.78 is 0. The van der Waals surface area contributed by atoms with Gasteiger partial charge < -0.3 is 5.32 Å². The molecule has 0 saturated heterocycles. The number of hydrogen-bond acceptors (Lipinski definition) is 3. The average molecular weight is 283 g/mol. The molecule has 3 rings (SSSR count). The van der Waals surface area contributed by atoms with Gasteiger partial charge in [0.2, 0.25) is 0 Å². The van der Waals surface area contributed by atoms with Crippen molar-refractivity contribution in [1.82, 2.24) is 5.32 Å². The van der Waals surface area contributed by atoms with Gasteiger partial charge in [-0.25, -0.2) is 0 Å². The molecule has 2 aliphatic rings. The van der Waals surface area contributed by atoms with E-state index < -0.39 is 0 Å². The Balaban J connectivity index is 1.94. The van der Waals surface area contributed by atoms with Crippen LogP contribution in [-0.2, 0) is 0 Å². The molecular weight excluding hydrogens is 266 g/mol. The average Bonchev–Trinajstić information content (AvgIpc) is 2.90. The lowest BCUT2D eigenvalue weighted by Gasteiger charge is -2.25. The predicted octanol–water partition coefficient (Wildman–Crippen LogP) is 3.24. The van der Waals surface area contributed by atoms with E-state index >= 15 is 0 Å². The van der Waals surface area contributed by atoms with E-state index in [0.29, 0.717) is 6.54 Å². The lowest BCUT2D eigenvalue weighted by Crippen LogP contribution is -2.39. The number of rotatable bonds is 3. The highest BCUT2D eigenvalue weighted by atomic mass is 32.2. The van der Waals surface area contributed by atoms with Gasteiger partial charge in [0.05, 0.1) is 18.8 Å². The summed E-state index contributed by atoms with van der Waals surface area (Å²) in [4.78, 5) is 9.09. The lowest BCUT2D eigenvalue weighted by atomic mass is 9.91. The largest absolute Gasteiger partial charge is 0.335 e. The molecule has 0 amide bonds. The summed E-state index contributed by atoms with van der Waals surface area (Å²) in [5.74, 6) is 1.20. The Morgan fingerprint density at radius 2 is 2.20 bits per heavy atom. The third-order valence-electron chi connectivity index (χ3n) is 3.46. The highest BCUT2D eigenvalue weighted by Gasteiger charge is 2.36. The van der Waals surface area contributed by atoms with Crippen LogP contribution in [0.5, 0.6) is 0 Å². The number of nitrogens with one attached hydrogen (secondary N) is 1. The van der Waals surface area contributed by atoms with Crippen LogP contribution in [-0.4, -0.2) is 24.1 Å². The Labute approximate surface area is 123 Å². The van der Waals surface area contributed by atoms with Crippen molar-refractivity contribution in [1.29, 1.82) is 0 Å². The molecule has 4 heteroatoms. The van der Waals surface area contributed by atoms with Gasteiger partial charge in [-0.2, -0.15) is 0 Å². The van der Waals surface area contributed by atoms with Crippen molar-refractivity contribution in [3.8, 4) is 0 Å². The van der Waals surface area contributed by atoms with Gasteiger partial charge in [0.1, 0.15) is 11.2 Å². The Bertz CT molecular complexity index is 599. The molecule has 2 atom stereocenters. The SMILES string of the molecule is C=CCN=C1NC=NC2SC=C(c3ccc(C)cc3)C12. The van der Waals surface area contributed by atoms with Gasteiger partial charge in [-0.15, -0.1) is 18.3 Å². The minimum absolute atomic E-state index is 0.205. The van der Waals surface area contributed by atoms with E-state index in [0.717, 1.165) is 5.84 Å². The predicted molar refractivity (Wildman–Crippen MR) is 88.2 cm³/mol. The molecule has 1 N–H and O–H groups in total. The number of amidine groups is 1. The minimum Gasteiger partial charge on any atom is -0.335 e. The van der Waals surface area contributed by atoms with Crippen molar-refractivity contribution in [2.24, 2.45) is 15.9 Å². The topological polar surface area (TPSA) is 36.8 Å². The second-order valence-electron chi connectivity index (χ2n) is 4.88. The van der Waals surface area contributed by atoms with E-state index in [-0.39, 0.29) is 11.3 Å². The first-order valence-corrected chi connectivity index (χ1v) is 7.60. The van der Waals surface area contributed by atoms with Crippen LogP contribution in [0.25, 0.3) is 5.57 Å². The van der Waals surface area contributed by atoms with Crippen LogP contribution >= 0.6 is 11.8 Å². The maximum Gasteiger partial charge on any atom is 0.115 e. The molecule has 102 valence electrons. The molecule has 1 aromatic carbocycles. The number of benzene rings is 1. The number of aliphatic imine (C=N–C) groups is 2. The maximum absolute atomic E-state index is 4.58. The van der Waals surface area contributed by atoms with Crippen LogP contribution in [0, 0.1) is 12.8 Å². The van der Waals surface area contributed by atoms with Crippen molar-refractivity contribution in [2.45, 2.75) is 12.3 Å². The van der Waals surface area contributed by atoms with Crippen LogP contribution in [0.3, 0.4) is 0 Å². The van der Waals surface area contributed by atoms with E-state index in [1.807, 2.05) is 6.08 Å². The summed E-state index contributed by atoms with van der Waals surface area (Å²) in [6, 6.07) is 8.64. The molecule has 2 aliphatic heterocycles. The lowest BCUT2D eigenvalue weighted by molar-refractivity contribution is 0.792. The highest BCUT2D eigenvalue weighted by Crippen LogP contribution is 2.43. The first kappa shape index (κ1) is 13.2. The molecule has 20 heavy (non-hydrogen) atoms. The molecule has 0 aliphatic carbocycles. The molecule has 1 aromatic rings. The van der Waals surface area contributed by atoms with Gasteiger partial charge in [-0.3, -0.25) is 9.98 Å². The van der Waals surface area contributed by atoms with Crippen LogP contribution in [0.1, 0.15) is 11.1 Å². The fraction of sp³-hybridized carbons (Fsp3) is 0.250. The summed E-state index contributed by atoms with van der Waals surface area (Å²) in [5.41, 5.74) is 3.82. The fourth-order valence-corrected chi connectivity index (χ4v) is 3.55. The summed E-state index contributed by atoms with van der Waals surface area (Å²) in [5, 5.41) is 5.61. The van der Waals surface area contributed by atoms with Crippen molar-refractivity contribution in [2.75, 3.05) is 6.54 Å². The Kier molecular flexibility index (Phi) is 3.74. The third kappa shape index (κ3) is 2.43. The molecule has 0 bridgehead atoms. The fourth-order valence-electron chi connectivity index (χ4n) is 2.42. The zero-order valence-corrected chi connectivity index (χ0v) is 12.2. The Morgan fingerprint density at radius 1 is 1.40 bits per heavy atom. The third-order valence-corrected chi connectivity index (χ3v) is 4.52. The quantitative estimate of drug-likeness (QED) is 0.865. The number of hydrogen-bond donors (Lipinski definition) is 1. The van der Waals surface area contributed by atoms with Gasteiger partial charge in [0, 0.05) is 0 Å². The van der Waals surface area contributed by atoms with E-state index in [1.54, 1.807) is 18.1 Å². The molecule has 0 aromatic heterocycles. The minimum atomic E-state index is 0.205. The van der Waals surface area contributed by atoms with Gasteiger partial charge in [-0.05, 0) is 23.5 Å². The monoisotopic (exact) mass is 283 g/mol. The second kappa shape index (κ2) is 5.67. The van der Waals surface area contributed by atoms with Crippen LogP contribution in [0.4, 0.5) is 0 Å². The van der Waals surface area contributed by atoms with Crippen molar-refractivity contribution >= 4 is 29.5 Å². The molecule has 3 nitrogen and oxygen atoms in total. The number of aryl methyl sites for hydroxylation is 1. The normalized spacial score (nSPS) is 26.1. The smallest absolute Gasteiger partial charge is 0.115 e. The Morgan fingerprint density at radius 3 is 2.95 bits per heavy atom. The zero-order valence-electron chi connectivity index (χ0n) is 11.4. The summed E-state index contributed by atoms with van der Waals surface area (Å²) in [7, 11) is 0. The van der Waals surface area contributed by atoms with Crippen LogP contribution in [0.15, 0.2) is 52.3 Å². The Hall–Kier alpha value is -1.81. The molecular formula is C16H17N3S. The molecule has 0 radical (unpaired) electrons.